The molecule has 15 nitrogen and oxygen atoms in total. The van der Waals surface area contributed by atoms with Gasteiger partial charge in [0.15, 0.2) is 17.4 Å². The number of aromatic nitrogens is 4. The standard InChI is InChI=1S/C20H34N7O8P/c1-5-6-7-8-23-36(32,26-11(2)17(29)30)34-9-12-14(28)20(3,31)18(35-12)27-10-22-13-15(27)24-19(21)25-16(13)33-4/h10-12,14,18,28,31H,5-9H2,1-4H3,(H,29,30)(H2,21,24,25)(H2,23,26,32)/t11?,12-,14-,18-,20-,36?/m1/s1. The van der Waals surface area contributed by atoms with Gasteiger partial charge in [-0.3, -0.25) is 13.9 Å². The maximum Gasteiger partial charge on any atom is 0.341 e. The van der Waals surface area contributed by atoms with Crippen LogP contribution in [-0.2, 0) is 18.6 Å². The molecule has 2 aromatic rings. The van der Waals surface area contributed by atoms with Crippen molar-refractivity contribution in [3.63, 3.8) is 0 Å². The minimum absolute atomic E-state index is 0.0899. The van der Waals surface area contributed by atoms with Crippen LogP contribution in [0, 0.1) is 0 Å². The van der Waals surface area contributed by atoms with Crippen LogP contribution in [0.1, 0.15) is 46.3 Å². The Morgan fingerprint density at radius 2 is 2.14 bits per heavy atom. The van der Waals surface area contributed by atoms with E-state index < -0.39 is 50.3 Å². The number of nitrogens with two attached hydrogens (primary N) is 1. The van der Waals surface area contributed by atoms with Gasteiger partial charge in [-0.25, -0.2) is 15.2 Å². The number of nitrogen functional groups attached to an aromatic ring is 1. The Bertz CT molecular complexity index is 1110. The predicted octanol–water partition coefficient (Wildman–Crippen LogP) is 0.394. The van der Waals surface area contributed by atoms with Crippen LogP contribution in [0.2, 0.25) is 0 Å². The lowest BCUT2D eigenvalue weighted by atomic mass is 9.96. The third-order valence-corrected chi connectivity index (χ3v) is 7.74. The zero-order valence-electron chi connectivity index (χ0n) is 20.6. The van der Waals surface area contributed by atoms with Crippen LogP contribution >= 0.6 is 7.67 Å². The molecule has 0 aliphatic carbocycles. The number of hydrogen-bond donors (Lipinski definition) is 6. The molecule has 7 N–H and O–H groups in total. The number of nitrogens with zero attached hydrogens (tertiary/aromatic N) is 4. The molecule has 0 radical (unpaired) electrons. The van der Waals surface area contributed by atoms with Crippen molar-refractivity contribution in [2.45, 2.75) is 70.1 Å². The van der Waals surface area contributed by atoms with Gasteiger partial charge in [-0.15, -0.1) is 0 Å². The Hall–Kier alpha value is -2.39. The third kappa shape index (κ3) is 5.94. The number of nitrogens with one attached hydrogen (secondary N) is 2. The zero-order valence-corrected chi connectivity index (χ0v) is 21.5. The first kappa shape index (κ1) is 28.2. The molecule has 0 spiro atoms. The average Bonchev–Trinajstić information content (AvgIpc) is 3.33. The Kier molecular flexibility index (Phi) is 8.88. The number of carboxylic acids is 1. The minimum Gasteiger partial charge on any atom is -0.480 e. The maximum atomic E-state index is 13.3. The van der Waals surface area contributed by atoms with Crippen molar-refractivity contribution in [1.29, 1.82) is 0 Å². The van der Waals surface area contributed by atoms with Gasteiger partial charge in [0.2, 0.25) is 11.8 Å². The molecule has 3 rings (SSSR count). The first-order valence-electron chi connectivity index (χ1n) is 11.5. The number of aliphatic hydroxyl groups excluding tert-OH is 1. The average molecular weight is 532 g/mol. The normalized spacial score (nSPS) is 26.7. The molecule has 6 atom stereocenters. The van der Waals surface area contributed by atoms with Crippen molar-refractivity contribution in [3.8, 4) is 5.88 Å². The number of unbranched alkanes of at least 4 members (excludes halogenated alkanes) is 2. The molecule has 36 heavy (non-hydrogen) atoms. The van der Waals surface area contributed by atoms with E-state index in [0.717, 1.165) is 12.8 Å². The number of rotatable bonds is 13. The molecule has 2 unspecified atom stereocenters. The summed E-state index contributed by atoms with van der Waals surface area (Å²) in [5.74, 6) is -1.17. The van der Waals surface area contributed by atoms with E-state index in [1.807, 2.05) is 6.92 Å². The van der Waals surface area contributed by atoms with E-state index in [1.165, 1.54) is 31.9 Å². The molecule has 1 fully saturated rings. The number of anilines is 1. The Balaban J connectivity index is 1.80. The number of methoxy groups -OCH3 is 1. The van der Waals surface area contributed by atoms with Crippen LogP contribution in [0.5, 0.6) is 5.88 Å². The van der Waals surface area contributed by atoms with E-state index in [0.29, 0.717) is 13.0 Å². The van der Waals surface area contributed by atoms with Crippen LogP contribution < -0.4 is 20.6 Å². The van der Waals surface area contributed by atoms with Gasteiger partial charge in [-0.1, -0.05) is 19.8 Å². The number of aliphatic carboxylic acids is 1. The lowest BCUT2D eigenvalue weighted by molar-refractivity contribution is -0.138. The summed E-state index contributed by atoms with van der Waals surface area (Å²) in [6, 6.07) is -1.17. The Labute approximate surface area is 207 Å². The summed E-state index contributed by atoms with van der Waals surface area (Å²) in [4.78, 5) is 23.6. The smallest absolute Gasteiger partial charge is 0.341 e. The highest BCUT2D eigenvalue weighted by Crippen LogP contribution is 2.43. The molecule has 3 heterocycles. The van der Waals surface area contributed by atoms with Crippen molar-refractivity contribution in [2.75, 3.05) is 26.0 Å². The summed E-state index contributed by atoms with van der Waals surface area (Å²) in [5.41, 5.74) is 4.40. The van der Waals surface area contributed by atoms with Gasteiger partial charge < -0.3 is 35.1 Å². The second-order valence-electron chi connectivity index (χ2n) is 8.76. The van der Waals surface area contributed by atoms with Gasteiger partial charge in [0.25, 0.3) is 0 Å². The van der Waals surface area contributed by atoms with E-state index in [1.54, 1.807) is 0 Å². The van der Waals surface area contributed by atoms with Gasteiger partial charge in [-0.2, -0.15) is 9.97 Å². The van der Waals surface area contributed by atoms with Crippen LogP contribution in [0.4, 0.5) is 5.95 Å². The summed E-state index contributed by atoms with van der Waals surface area (Å²) in [7, 11) is -2.46. The molecule has 0 aromatic carbocycles. The van der Waals surface area contributed by atoms with Crippen LogP contribution in [-0.4, -0.2) is 84.9 Å². The molecule has 1 aliphatic heterocycles. The quantitative estimate of drug-likeness (QED) is 0.152. The molecule has 16 heteroatoms. The molecule has 1 aliphatic rings. The third-order valence-electron chi connectivity index (χ3n) is 5.86. The predicted molar refractivity (Wildman–Crippen MR) is 128 cm³/mol. The van der Waals surface area contributed by atoms with E-state index in [9.17, 15) is 24.7 Å². The maximum absolute atomic E-state index is 13.3. The van der Waals surface area contributed by atoms with Gasteiger partial charge in [-0.05, 0) is 20.3 Å². The van der Waals surface area contributed by atoms with Crippen LogP contribution in [0.15, 0.2) is 6.33 Å². The van der Waals surface area contributed by atoms with E-state index in [4.69, 9.17) is 19.7 Å². The second-order valence-corrected chi connectivity index (χ2v) is 10.7. The van der Waals surface area contributed by atoms with Crippen LogP contribution in [0.3, 0.4) is 0 Å². The summed E-state index contributed by atoms with van der Waals surface area (Å²) in [6.07, 6.45) is 0.0982. The van der Waals surface area contributed by atoms with Gasteiger partial charge in [0.05, 0.1) is 20.0 Å². The molecular formula is C20H34N7O8P. The summed E-state index contributed by atoms with van der Waals surface area (Å²) >= 11 is 0. The highest BCUT2D eigenvalue weighted by Gasteiger charge is 2.54. The number of carboxylic acid groups (broad SMARTS) is 1. The minimum atomic E-state index is -3.85. The Morgan fingerprint density at radius 1 is 1.42 bits per heavy atom. The largest absolute Gasteiger partial charge is 0.480 e. The fourth-order valence-corrected chi connectivity index (χ4v) is 5.50. The molecule has 2 aromatic heterocycles. The van der Waals surface area contributed by atoms with E-state index >= 15 is 0 Å². The summed E-state index contributed by atoms with van der Waals surface area (Å²) in [6.45, 7) is 4.62. The monoisotopic (exact) mass is 531 g/mol. The highest BCUT2D eigenvalue weighted by molar-refractivity contribution is 7.54. The highest BCUT2D eigenvalue weighted by atomic mass is 31.2. The number of aliphatic hydroxyl groups is 2. The topological polar surface area (TPSA) is 216 Å². The number of imidazole rings is 1. The molecule has 0 amide bonds. The van der Waals surface area contributed by atoms with Gasteiger partial charge >= 0.3 is 13.6 Å². The van der Waals surface area contributed by atoms with E-state index in [2.05, 4.69) is 25.1 Å². The first-order valence-corrected chi connectivity index (χ1v) is 13.2. The summed E-state index contributed by atoms with van der Waals surface area (Å²) < 4.78 is 31.4. The van der Waals surface area contributed by atoms with Crippen molar-refractivity contribution < 1.29 is 38.7 Å². The van der Waals surface area contributed by atoms with Crippen molar-refractivity contribution in [2.24, 2.45) is 0 Å². The van der Waals surface area contributed by atoms with Crippen molar-refractivity contribution in [1.82, 2.24) is 29.7 Å². The number of carbonyl (C=O) groups is 1. The number of ether oxygens (including phenoxy) is 2. The lowest BCUT2D eigenvalue weighted by Crippen LogP contribution is -2.44. The molecule has 0 saturated carbocycles. The SMILES string of the molecule is CCCCCNP(=O)(NC(C)C(=O)O)OC[C@H]1O[C@@H](n2cnc3c(OC)nc(N)nc32)[C@](C)(O)[C@@H]1O. The summed E-state index contributed by atoms with van der Waals surface area (Å²) in [5, 5.41) is 36.4. The molecule has 0 bridgehead atoms. The fraction of sp³-hybridized carbons (Fsp3) is 0.700. The van der Waals surface area contributed by atoms with E-state index in [-0.39, 0.29) is 23.0 Å². The number of fused-ring (bicyclic) bond motifs is 1. The zero-order chi connectivity index (χ0) is 26.7. The lowest BCUT2D eigenvalue weighted by Gasteiger charge is -2.27. The Morgan fingerprint density at radius 3 is 2.78 bits per heavy atom. The van der Waals surface area contributed by atoms with Crippen molar-refractivity contribution in [3.05, 3.63) is 6.33 Å². The fourth-order valence-electron chi connectivity index (χ4n) is 3.82. The van der Waals surface area contributed by atoms with Crippen molar-refractivity contribution >= 4 is 30.8 Å². The molecular weight excluding hydrogens is 497 g/mol. The first-order chi connectivity index (χ1) is 16.9. The molecule has 202 valence electrons. The second kappa shape index (κ2) is 11.3. The van der Waals surface area contributed by atoms with Gasteiger partial charge in [0, 0.05) is 6.54 Å². The van der Waals surface area contributed by atoms with Gasteiger partial charge in [0.1, 0.15) is 23.9 Å². The number of hydrogen-bond acceptors (Lipinski definition) is 11. The van der Waals surface area contributed by atoms with Crippen LogP contribution in [0.25, 0.3) is 11.2 Å². The molecule has 1 saturated heterocycles.